The van der Waals surface area contributed by atoms with Crippen LogP contribution in [0.3, 0.4) is 0 Å². The Kier molecular flexibility index (Phi) is 5.71. The first-order valence-electron chi connectivity index (χ1n) is 7.21. The van der Waals surface area contributed by atoms with Gasteiger partial charge in [-0.1, -0.05) is 24.1 Å². The predicted octanol–water partition coefficient (Wildman–Crippen LogP) is 3.07. The lowest BCUT2D eigenvalue weighted by Gasteiger charge is -2.19. The maximum absolute atomic E-state index is 13.6. The molecule has 3 nitrogen and oxygen atoms in total. The maximum atomic E-state index is 13.6. The van der Waals surface area contributed by atoms with Crippen LogP contribution in [-0.4, -0.2) is 21.2 Å². The number of sulfone groups is 1. The second-order valence-corrected chi connectivity index (χ2v) is 7.27. The Balaban J connectivity index is 2.49. The predicted molar refractivity (Wildman–Crippen MR) is 89.2 cm³/mol. The molecule has 0 amide bonds. The highest BCUT2D eigenvalue weighted by molar-refractivity contribution is 7.90. The van der Waals surface area contributed by atoms with Crippen LogP contribution < -0.4 is 5.32 Å². The van der Waals surface area contributed by atoms with Crippen LogP contribution >= 0.6 is 0 Å². The molecule has 0 radical (unpaired) electrons. The van der Waals surface area contributed by atoms with Crippen molar-refractivity contribution in [1.82, 2.24) is 5.32 Å². The first-order chi connectivity index (χ1) is 11.3. The van der Waals surface area contributed by atoms with Crippen molar-refractivity contribution in [3.63, 3.8) is 0 Å². The van der Waals surface area contributed by atoms with E-state index < -0.39 is 27.5 Å². The van der Waals surface area contributed by atoms with Crippen LogP contribution in [-0.2, 0) is 9.84 Å². The van der Waals surface area contributed by atoms with E-state index in [-0.39, 0.29) is 4.90 Å². The molecule has 0 aliphatic heterocycles. The van der Waals surface area contributed by atoms with Gasteiger partial charge in [-0.3, -0.25) is 5.32 Å². The van der Waals surface area contributed by atoms with Crippen molar-refractivity contribution in [1.29, 1.82) is 0 Å². The fourth-order valence-electron chi connectivity index (χ4n) is 2.29. The maximum Gasteiger partial charge on any atom is 0.175 e. The van der Waals surface area contributed by atoms with Crippen LogP contribution in [0, 0.1) is 23.5 Å². The zero-order valence-electron chi connectivity index (χ0n) is 13.3. The minimum atomic E-state index is -3.37. The van der Waals surface area contributed by atoms with E-state index in [1.54, 1.807) is 19.1 Å². The fourth-order valence-corrected chi connectivity index (χ4v) is 2.96. The van der Waals surface area contributed by atoms with Gasteiger partial charge in [0.05, 0.1) is 17.5 Å². The number of rotatable bonds is 5. The van der Waals surface area contributed by atoms with Crippen LogP contribution in [0.5, 0.6) is 0 Å². The third-order valence-corrected chi connectivity index (χ3v) is 4.58. The van der Waals surface area contributed by atoms with Crippen LogP contribution in [0.25, 0.3) is 0 Å². The van der Waals surface area contributed by atoms with Gasteiger partial charge in [-0.15, -0.1) is 5.92 Å². The number of hydrogen-bond donors (Lipinski definition) is 1. The molecule has 0 bridgehead atoms. The van der Waals surface area contributed by atoms with Crippen molar-refractivity contribution in [3.05, 3.63) is 65.2 Å². The molecule has 0 unspecified atom stereocenters. The SMILES string of the molecule is CC#CCN[C@@H](c1cccc(S(C)(=O)=O)c1)c1ccc(F)c(F)c1. The van der Waals surface area contributed by atoms with Gasteiger partial charge in [0.2, 0.25) is 0 Å². The van der Waals surface area contributed by atoms with Crippen molar-refractivity contribution in [3.8, 4) is 11.8 Å². The van der Waals surface area contributed by atoms with Crippen molar-refractivity contribution in [2.75, 3.05) is 12.8 Å². The van der Waals surface area contributed by atoms with E-state index in [1.807, 2.05) is 0 Å². The minimum Gasteiger partial charge on any atom is -0.295 e. The molecule has 0 heterocycles. The summed E-state index contributed by atoms with van der Waals surface area (Å²) in [7, 11) is -3.37. The van der Waals surface area contributed by atoms with E-state index in [2.05, 4.69) is 17.2 Å². The van der Waals surface area contributed by atoms with Gasteiger partial charge in [-0.2, -0.15) is 0 Å². The van der Waals surface area contributed by atoms with Crippen LogP contribution in [0.15, 0.2) is 47.4 Å². The second-order valence-electron chi connectivity index (χ2n) is 5.26. The molecule has 2 rings (SSSR count). The van der Waals surface area contributed by atoms with Gasteiger partial charge in [-0.25, -0.2) is 17.2 Å². The number of nitrogens with one attached hydrogen (secondary N) is 1. The third kappa shape index (κ3) is 4.40. The summed E-state index contributed by atoms with van der Waals surface area (Å²) < 4.78 is 50.3. The average Bonchev–Trinajstić information content (AvgIpc) is 2.54. The summed E-state index contributed by atoms with van der Waals surface area (Å²) >= 11 is 0. The summed E-state index contributed by atoms with van der Waals surface area (Å²) in [6.07, 6.45) is 1.12. The lowest BCUT2D eigenvalue weighted by Crippen LogP contribution is -2.23. The molecule has 2 aromatic carbocycles. The topological polar surface area (TPSA) is 46.2 Å². The summed E-state index contributed by atoms with van der Waals surface area (Å²) in [4.78, 5) is 0.163. The second kappa shape index (κ2) is 7.56. The van der Waals surface area contributed by atoms with Crippen molar-refractivity contribution < 1.29 is 17.2 Å². The Bertz CT molecular complexity index is 899. The van der Waals surface area contributed by atoms with Gasteiger partial charge in [-0.05, 0) is 42.3 Å². The average molecular weight is 349 g/mol. The van der Waals surface area contributed by atoms with E-state index >= 15 is 0 Å². The van der Waals surface area contributed by atoms with Crippen LogP contribution in [0.4, 0.5) is 8.78 Å². The van der Waals surface area contributed by atoms with Crippen LogP contribution in [0.1, 0.15) is 24.1 Å². The van der Waals surface area contributed by atoms with E-state index in [0.29, 0.717) is 17.7 Å². The van der Waals surface area contributed by atoms with Gasteiger partial charge >= 0.3 is 0 Å². The van der Waals surface area contributed by atoms with E-state index in [1.165, 1.54) is 18.2 Å². The van der Waals surface area contributed by atoms with Gasteiger partial charge in [0.15, 0.2) is 21.5 Å². The highest BCUT2D eigenvalue weighted by atomic mass is 32.2. The Labute approximate surface area is 140 Å². The lowest BCUT2D eigenvalue weighted by molar-refractivity contribution is 0.504. The smallest absolute Gasteiger partial charge is 0.175 e. The molecule has 6 heteroatoms. The van der Waals surface area contributed by atoms with Gasteiger partial charge in [0, 0.05) is 6.26 Å². The summed E-state index contributed by atoms with van der Waals surface area (Å²) in [5.74, 6) is 3.69. The quantitative estimate of drug-likeness (QED) is 0.844. The normalized spacial score (nSPS) is 12.3. The molecule has 2 aromatic rings. The molecule has 0 saturated heterocycles. The van der Waals surface area contributed by atoms with E-state index in [0.717, 1.165) is 18.4 Å². The molecule has 0 aromatic heterocycles. The Morgan fingerprint density at radius 1 is 1.08 bits per heavy atom. The van der Waals surface area contributed by atoms with Crippen molar-refractivity contribution >= 4 is 9.84 Å². The lowest BCUT2D eigenvalue weighted by atomic mass is 9.98. The summed E-state index contributed by atoms with van der Waals surface area (Å²) in [5.41, 5.74) is 1.11. The molecule has 0 aliphatic carbocycles. The molecular formula is C18H17F2NO2S. The molecule has 0 aliphatic rings. The molecule has 0 saturated carbocycles. The number of halogens is 2. The Morgan fingerprint density at radius 2 is 1.79 bits per heavy atom. The highest BCUT2D eigenvalue weighted by Crippen LogP contribution is 2.25. The third-order valence-electron chi connectivity index (χ3n) is 3.47. The molecule has 126 valence electrons. The standard InChI is InChI=1S/C18H17F2NO2S/c1-3-4-10-21-18(14-8-9-16(19)17(20)12-14)13-6-5-7-15(11-13)24(2,22)23/h5-9,11-12,18,21H,10H2,1-2H3/t18-/m0/s1. The van der Waals surface area contributed by atoms with Crippen molar-refractivity contribution in [2.45, 2.75) is 17.9 Å². The Morgan fingerprint density at radius 3 is 2.42 bits per heavy atom. The van der Waals surface area contributed by atoms with Crippen LogP contribution in [0.2, 0.25) is 0 Å². The zero-order chi connectivity index (χ0) is 17.7. The summed E-state index contributed by atoms with van der Waals surface area (Å²) in [5, 5.41) is 3.12. The largest absolute Gasteiger partial charge is 0.295 e. The number of hydrogen-bond acceptors (Lipinski definition) is 3. The molecule has 24 heavy (non-hydrogen) atoms. The summed E-state index contributed by atoms with van der Waals surface area (Å²) in [6, 6.07) is 9.45. The molecule has 0 spiro atoms. The molecular weight excluding hydrogens is 332 g/mol. The first kappa shape index (κ1) is 18.1. The molecule has 0 fully saturated rings. The zero-order valence-corrected chi connectivity index (χ0v) is 14.1. The minimum absolute atomic E-state index is 0.163. The molecule has 1 N–H and O–H groups in total. The van der Waals surface area contributed by atoms with Gasteiger partial charge in [0.25, 0.3) is 0 Å². The fraction of sp³-hybridized carbons (Fsp3) is 0.222. The van der Waals surface area contributed by atoms with Crippen molar-refractivity contribution in [2.24, 2.45) is 0 Å². The first-order valence-corrected chi connectivity index (χ1v) is 9.10. The Hall–Kier alpha value is -2.23. The van der Waals surface area contributed by atoms with E-state index in [4.69, 9.17) is 0 Å². The molecule has 1 atom stereocenters. The van der Waals surface area contributed by atoms with Gasteiger partial charge in [0.1, 0.15) is 0 Å². The monoisotopic (exact) mass is 349 g/mol. The van der Waals surface area contributed by atoms with E-state index in [9.17, 15) is 17.2 Å². The summed E-state index contributed by atoms with van der Waals surface area (Å²) in [6.45, 7) is 2.02. The van der Waals surface area contributed by atoms with Gasteiger partial charge < -0.3 is 0 Å². The number of benzene rings is 2. The highest BCUT2D eigenvalue weighted by Gasteiger charge is 2.17.